The highest BCUT2D eigenvalue weighted by molar-refractivity contribution is 5.93. The molecule has 3 N–H and O–H groups in total. The maximum atomic E-state index is 11.9. The quantitative estimate of drug-likeness (QED) is 0.551. The van der Waals surface area contributed by atoms with Gasteiger partial charge in [-0.1, -0.05) is 6.92 Å². The molecule has 0 spiro atoms. The van der Waals surface area contributed by atoms with E-state index in [2.05, 4.69) is 5.32 Å². The minimum Gasteiger partial charge on any atom is -0.365 e. The molecule has 0 saturated carbocycles. The van der Waals surface area contributed by atoms with Crippen LogP contribution in [0.15, 0.2) is 17.1 Å². The first-order chi connectivity index (χ1) is 9.76. The summed E-state index contributed by atoms with van der Waals surface area (Å²) in [6.45, 7) is 3.23. The Labute approximate surface area is 119 Å². The van der Waals surface area contributed by atoms with Crippen molar-refractivity contribution in [2.24, 2.45) is 5.73 Å². The van der Waals surface area contributed by atoms with E-state index in [1.807, 2.05) is 6.92 Å². The zero-order valence-corrected chi connectivity index (χ0v) is 11.7. The molecule has 0 aromatic carbocycles. The second-order valence-corrected chi connectivity index (χ2v) is 4.54. The molecule has 0 aliphatic heterocycles. The molecule has 21 heavy (non-hydrogen) atoms. The summed E-state index contributed by atoms with van der Waals surface area (Å²) in [5.74, 6) is -1.57. The van der Waals surface area contributed by atoms with Gasteiger partial charge < -0.3 is 11.1 Å². The molecule has 0 unspecified atom stereocenters. The second-order valence-electron chi connectivity index (χ2n) is 4.54. The number of nitrogens with two attached hydrogens (primary N) is 1. The third-order valence-electron chi connectivity index (χ3n) is 2.88. The molecular formula is C12H16N4O5. The SMILES string of the molecule is CC[C@H](C)NC(=O)Cn1cc([N+](=O)[O-])cc(C(N)=O)c1=O. The lowest BCUT2D eigenvalue weighted by Crippen LogP contribution is -2.38. The van der Waals surface area contributed by atoms with Crippen molar-refractivity contribution < 1.29 is 14.5 Å². The highest BCUT2D eigenvalue weighted by atomic mass is 16.6. The van der Waals surface area contributed by atoms with Crippen molar-refractivity contribution in [1.82, 2.24) is 9.88 Å². The average molecular weight is 296 g/mol. The lowest BCUT2D eigenvalue weighted by molar-refractivity contribution is -0.385. The Kier molecular flexibility index (Phi) is 5.17. The summed E-state index contributed by atoms with van der Waals surface area (Å²) in [7, 11) is 0. The molecule has 1 aromatic rings. The Morgan fingerprint density at radius 1 is 1.52 bits per heavy atom. The van der Waals surface area contributed by atoms with E-state index in [0.717, 1.165) is 16.8 Å². The van der Waals surface area contributed by atoms with Crippen LogP contribution in [0.5, 0.6) is 0 Å². The lowest BCUT2D eigenvalue weighted by Gasteiger charge is -2.12. The fraction of sp³-hybridized carbons (Fsp3) is 0.417. The van der Waals surface area contributed by atoms with Crippen LogP contribution in [0.4, 0.5) is 5.69 Å². The monoisotopic (exact) mass is 296 g/mol. The number of nitrogens with zero attached hydrogens (tertiary/aromatic N) is 2. The summed E-state index contributed by atoms with van der Waals surface area (Å²) in [5, 5.41) is 13.4. The summed E-state index contributed by atoms with van der Waals surface area (Å²) in [5.41, 5.74) is 3.16. The number of hydrogen-bond acceptors (Lipinski definition) is 5. The molecule has 1 aromatic heterocycles. The van der Waals surface area contributed by atoms with Crippen molar-refractivity contribution in [3.8, 4) is 0 Å². The normalized spacial score (nSPS) is 11.7. The van der Waals surface area contributed by atoms with Crippen molar-refractivity contribution in [2.45, 2.75) is 32.9 Å². The second kappa shape index (κ2) is 6.64. The van der Waals surface area contributed by atoms with Gasteiger partial charge in [0.05, 0.1) is 11.1 Å². The Balaban J connectivity index is 3.17. The maximum absolute atomic E-state index is 11.9. The number of carbonyl (C=O) groups is 2. The number of amides is 2. The largest absolute Gasteiger partial charge is 0.365 e. The number of rotatable bonds is 6. The van der Waals surface area contributed by atoms with Crippen LogP contribution in [0.3, 0.4) is 0 Å². The van der Waals surface area contributed by atoms with Gasteiger partial charge >= 0.3 is 0 Å². The van der Waals surface area contributed by atoms with E-state index in [1.165, 1.54) is 0 Å². The molecular weight excluding hydrogens is 280 g/mol. The fourth-order valence-electron chi connectivity index (χ4n) is 1.59. The van der Waals surface area contributed by atoms with Crippen LogP contribution in [0.1, 0.15) is 30.6 Å². The standard InChI is InChI=1S/C12H16N4O5/c1-3-7(2)14-10(17)6-15-5-8(16(20)21)4-9(11(13)18)12(15)19/h4-5,7H,3,6H2,1-2H3,(H2,13,18)(H,14,17)/t7-/m0/s1. The van der Waals surface area contributed by atoms with E-state index in [-0.39, 0.29) is 6.04 Å². The lowest BCUT2D eigenvalue weighted by atomic mass is 10.2. The molecule has 1 rings (SSSR count). The van der Waals surface area contributed by atoms with Gasteiger partial charge in [-0.2, -0.15) is 0 Å². The maximum Gasteiger partial charge on any atom is 0.286 e. The van der Waals surface area contributed by atoms with Crippen LogP contribution >= 0.6 is 0 Å². The van der Waals surface area contributed by atoms with Gasteiger partial charge in [0, 0.05) is 12.1 Å². The van der Waals surface area contributed by atoms with Gasteiger partial charge in [-0.3, -0.25) is 29.1 Å². The number of pyridine rings is 1. The van der Waals surface area contributed by atoms with Crippen molar-refractivity contribution in [1.29, 1.82) is 0 Å². The fourth-order valence-corrected chi connectivity index (χ4v) is 1.59. The molecule has 0 radical (unpaired) electrons. The Hall–Kier alpha value is -2.71. The minimum absolute atomic E-state index is 0.0949. The smallest absolute Gasteiger partial charge is 0.286 e. The van der Waals surface area contributed by atoms with Gasteiger partial charge in [-0.25, -0.2) is 0 Å². The van der Waals surface area contributed by atoms with E-state index >= 15 is 0 Å². The van der Waals surface area contributed by atoms with Gasteiger partial charge in [0.2, 0.25) is 5.91 Å². The summed E-state index contributed by atoms with van der Waals surface area (Å²) in [4.78, 5) is 44.8. The summed E-state index contributed by atoms with van der Waals surface area (Å²) in [6, 6.07) is 0.704. The third-order valence-corrected chi connectivity index (χ3v) is 2.88. The molecule has 9 heteroatoms. The van der Waals surface area contributed by atoms with Crippen LogP contribution in [-0.2, 0) is 11.3 Å². The van der Waals surface area contributed by atoms with E-state index < -0.39 is 40.1 Å². The predicted molar refractivity (Wildman–Crippen MR) is 73.8 cm³/mol. The predicted octanol–water partition coefficient (Wildman–Crippen LogP) is -0.230. The van der Waals surface area contributed by atoms with Crippen molar-refractivity contribution in [3.05, 3.63) is 38.3 Å². The van der Waals surface area contributed by atoms with Gasteiger partial charge in [-0.05, 0) is 13.3 Å². The van der Waals surface area contributed by atoms with Gasteiger partial charge in [0.1, 0.15) is 12.1 Å². The number of aromatic nitrogens is 1. The van der Waals surface area contributed by atoms with Gasteiger partial charge in [-0.15, -0.1) is 0 Å². The van der Waals surface area contributed by atoms with Crippen molar-refractivity contribution in [3.63, 3.8) is 0 Å². The van der Waals surface area contributed by atoms with E-state index in [4.69, 9.17) is 5.73 Å². The van der Waals surface area contributed by atoms with Crippen LogP contribution in [0.2, 0.25) is 0 Å². The molecule has 0 fully saturated rings. The molecule has 114 valence electrons. The zero-order valence-electron chi connectivity index (χ0n) is 11.7. The Morgan fingerprint density at radius 3 is 2.62 bits per heavy atom. The van der Waals surface area contributed by atoms with Gasteiger partial charge in [0.25, 0.3) is 17.2 Å². The molecule has 0 bridgehead atoms. The number of primary amides is 1. The molecule has 1 atom stereocenters. The first-order valence-corrected chi connectivity index (χ1v) is 6.24. The molecule has 1 heterocycles. The third kappa shape index (κ3) is 4.13. The van der Waals surface area contributed by atoms with Crippen molar-refractivity contribution >= 4 is 17.5 Å². The number of nitrogens with one attached hydrogen (secondary N) is 1. The minimum atomic E-state index is -1.08. The Bertz CT molecular complexity index is 637. The van der Waals surface area contributed by atoms with Crippen LogP contribution in [0, 0.1) is 10.1 Å². The molecule has 2 amide bonds. The number of nitro groups is 1. The van der Waals surface area contributed by atoms with E-state index in [0.29, 0.717) is 6.42 Å². The van der Waals surface area contributed by atoms with E-state index in [1.54, 1.807) is 6.92 Å². The number of carbonyl (C=O) groups excluding carboxylic acids is 2. The highest BCUT2D eigenvalue weighted by Gasteiger charge is 2.18. The Morgan fingerprint density at radius 2 is 2.14 bits per heavy atom. The van der Waals surface area contributed by atoms with E-state index in [9.17, 15) is 24.5 Å². The number of hydrogen-bond donors (Lipinski definition) is 2. The highest BCUT2D eigenvalue weighted by Crippen LogP contribution is 2.10. The first-order valence-electron chi connectivity index (χ1n) is 6.24. The summed E-state index contributed by atoms with van der Waals surface area (Å²) >= 11 is 0. The molecule has 0 aliphatic carbocycles. The molecule has 0 aliphatic rings. The zero-order chi connectivity index (χ0) is 16.2. The average Bonchev–Trinajstić information content (AvgIpc) is 2.40. The molecule has 9 nitrogen and oxygen atoms in total. The summed E-state index contributed by atoms with van der Waals surface area (Å²) < 4.78 is 0.802. The molecule has 0 saturated heterocycles. The van der Waals surface area contributed by atoms with Crippen LogP contribution < -0.4 is 16.6 Å². The first kappa shape index (κ1) is 16.3. The summed E-state index contributed by atoms with van der Waals surface area (Å²) in [6.07, 6.45) is 1.60. The van der Waals surface area contributed by atoms with Crippen LogP contribution in [-0.4, -0.2) is 27.3 Å². The van der Waals surface area contributed by atoms with Crippen LogP contribution in [0.25, 0.3) is 0 Å². The topological polar surface area (TPSA) is 137 Å². The van der Waals surface area contributed by atoms with Crippen molar-refractivity contribution in [2.75, 3.05) is 0 Å². The van der Waals surface area contributed by atoms with Gasteiger partial charge in [0.15, 0.2) is 0 Å².